The van der Waals surface area contributed by atoms with Gasteiger partial charge in [0.25, 0.3) is 0 Å². The zero-order valence-corrected chi connectivity index (χ0v) is 11.3. The average Bonchev–Trinajstić information content (AvgIpc) is 2.17. The van der Waals surface area contributed by atoms with Gasteiger partial charge in [0.05, 0.1) is 12.6 Å². The molecule has 0 aliphatic rings. The number of hydrogen-bond donors (Lipinski definition) is 2. The van der Waals surface area contributed by atoms with E-state index < -0.39 is 0 Å². The highest BCUT2D eigenvalue weighted by molar-refractivity contribution is 5.77. The van der Waals surface area contributed by atoms with Crippen molar-refractivity contribution in [1.82, 2.24) is 5.32 Å². The maximum atomic E-state index is 5.74. The number of ether oxygens (including phenoxy) is 1. The van der Waals surface area contributed by atoms with Gasteiger partial charge in [0, 0.05) is 13.7 Å². The van der Waals surface area contributed by atoms with Gasteiger partial charge < -0.3 is 15.8 Å². The molecule has 4 heteroatoms. The minimum Gasteiger partial charge on any atom is -0.379 e. The van der Waals surface area contributed by atoms with Crippen LogP contribution in [-0.2, 0) is 4.74 Å². The largest absolute Gasteiger partial charge is 0.379 e. The first-order valence-electron chi connectivity index (χ1n) is 5.98. The lowest BCUT2D eigenvalue weighted by Crippen LogP contribution is -2.36. The first kappa shape index (κ1) is 15.2. The van der Waals surface area contributed by atoms with Gasteiger partial charge in [-0.25, -0.2) is 0 Å². The third-order valence-corrected chi connectivity index (χ3v) is 2.51. The van der Waals surface area contributed by atoms with Crippen molar-refractivity contribution in [1.29, 1.82) is 0 Å². The standard InChI is InChI=1S/C12H27N3O/c1-6-7-8-14-11(13)15-9-10(16-5)12(2,3)4/h10H,6-9H2,1-5H3,(H3,13,14,15). The first-order valence-corrected chi connectivity index (χ1v) is 5.98. The molecule has 0 aromatic carbocycles. The van der Waals surface area contributed by atoms with Crippen molar-refractivity contribution in [3.63, 3.8) is 0 Å². The van der Waals surface area contributed by atoms with Gasteiger partial charge >= 0.3 is 0 Å². The second kappa shape index (κ2) is 7.49. The van der Waals surface area contributed by atoms with Crippen molar-refractivity contribution in [2.24, 2.45) is 16.1 Å². The molecule has 0 aromatic rings. The van der Waals surface area contributed by atoms with E-state index in [2.05, 4.69) is 38.0 Å². The maximum absolute atomic E-state index is 5.74. The lowest BCUT2D eigenvalue weighted by Gasteiger charge is -2.27. The van der Waals surface area contributed by atoms with Crippen LogP contribution in [0.5, 0.6) is 0 Å². The normalized spacial score (nSPS) is 14.9. The third-order valence-electron chi connectivity index (χ3n) is 2.51. The van der Waals surface area contributed by atoms with Crippen molar-refractivity contribution in [2.45, 2.75) is 46.6 Å². The number of nitrogens with zero attached hydrogens (tertiary/aromatic N) is 1. The Morgan fingerprint density at radius 2 is 2.06 bits per heavy atom. The predicted octanol–water partition coefficient (Wildman–Crippen LogP) is 1.75. The summed E-state index contributed by atoms with van der Waals surface area (Å²) in [5.41, 5.74) is 5.83. The number of rotatable bonds is 6. The summed E-state index contributed by atoms with van der Waals surface area (Å²) in [4.78, 5) is 4.29. The minimum atomic E-state index is 0.0853. The molecule has 16 heavy (non-hydrogen) atoms. The quantitative estimate of drug-likeness (QED) is 0.414. The SMILES string of the molecule is CCCCNC(N)=NCC(OC)C(C)(C)C. The Kier molecular flexibility index (Phi) is 7.13. The number of nitrogens with two attached hydrogens (primary N) is 1. The summed E-state index contributed by atoms with van der Waals surface area (Å²) in [6, 6.07) is 0. The molecule has 96 valence electrons. The van der Waals surface area contributed by atoms with Crippen molar-refractivity contribution in [3.8, 4) is 0 Å². The van der Waals surface area contributed by atoms with Crippen molar-refractivity contribution >= 4 is 5.96 Å². The van der Waals surface area contributed by atoms with Crippen molar-refractivity contribution in [2.75, 3.05) is 20.2 Å². The molecule has 0 saturated heterocycles. The van der Waals surface area contributed by atoms with Crippen LogP contribution in [0, 0.1) is 5.41 Å². The van der Waals surface area contributed by atoms with Gasteiger partial charge in [-0.2, -0.15) is 0 Å². The summed E-state index contributed by atoms with van der Waals surface area (Å²) >= 11 is 0. The van der Waals surface area contributed by atoms with Gasteiger partial charge in [0.1, 0.15) is 0 Å². The van der Waals surface area contributed by atoms with E-state index >= 15 is 0 Å². The van der Waals surface area contributed by atoms with E-state index in [-0.39, 0.29) is 11.5 Å². The fourth-order valence-corrected chi connectivity index (χ4v) is 1.33. The topological polar surface area (TPSA) is 59.6 Å². The molecular weight excluding hydrogens is 202 g/mol. The Bertz CT molecular complexity index is 209. The van der Waals surface area contributed by atoms with Crippen LogP contribution in [-0.4, -0.2) is 32.3 Å². The predicted molar refractivity (Wildman–Crippen MR) is 69.7 cm³/mol. The molecule has 4 nitrogen and oxygen atoms in total. The number of aliphatic imine (C=N–C) groups is 1. The summed E-state index contributed by atoms with van der Waals surface area (Å²) in [5, 5.41) is 3.09. The second-order valence-corrected chi connectivity index (χ2v) is 5.10. The molecule has 1 unspecified atom stereocenters. The van der Waals surface area contributed by atoms with E-state index in [1.165, 1.54) is 0 Å². The molecule has 0 radical (unpaired) electrons. The number of methoxy groups -OCH3 is 1. The monoisotopic (exact) mass is 229 g/mol. The zero-order valence-electron chi connectivity index (χ0n) is 11.3. The molecule has 0 saturated carbocycles. The smallest absolute Gasteiger partial charge is 0.188 e. The van der Waals surface area contributed by atoms with Gasteiger partial charge in [-0.1, -0.05) is 34.1 Å². The average molecular weight is 229 g/mol. The van der Waals surface area contributed by atoms with Crippen LogP contribution in [0.1, 0.15) is 40.5 Å². The molecule has 0 spiro atoms. The summed E-state index contributed by atoms with van der Waals surface area (Å²) in [5.74, 6) is 0.514. The number of guanidine groups is 1. The fraction of sp³-hybridized carbons (Fsp3) is 0.917. The van der Waals surface area contributed by atoms with Crippen LogP contribution in [0.25, 0.3) is 0 Å². The molecule has 0 heterocycles. The van der Waals surface area contributed by atoms with Crippen LogP contribution in [0.3, 0.4) is 0 Å². The lowest BCUT2D eigenvalue weighted by atomic mass is 9.89. The van der Waals surface area contributed by atoms with E-state index in [1.54, 1.807) is 7.11 Å². The van der Waals surface area contributed by atoms with Gasteiger partial charge in [-0.3, -0.25) is 4.99 Å². The van der Waals surface area contributed by atoms with E-state index in [0.717, 1.165) is 19.4 Å². The lowest BCUT2D eigenvalue weighted by molar-refractivity contribution is 0.0241. The van der Waals surface area contributed by atoms with Crippen molar-refractivity contribution in [3.05, 3.63) is 0 Å². The zero-order chi connectivity index (χ0) is 12.6. The second-order valence-electron chi connectivity index (χ2n) is 5.10. The van der Waals surface area contributed by atoms with E-state index in [4.69, 9.17) is 10.5 Å². The molecule has 0 aliphatic heterocycles. The molecule has 0 amide bonds. The van der Waals surface area contributed by atoms with Gasteiger partial charge in [0.2, 0.25) is 0 Å². The fourth-order valence-electron chi connectivity index (χ4n) is 1.33. The summed E-state index contributed by atoms with van der Waals surface area (Å²) in [6.07, 6.45) is 2.37. The first-order chi connectivity index (χ1) is 7.41. The van der Waals surface area contributed by atoms with Gasteiger partial charge in [-0.15, -0.1) is 0 Å². The number of unbranched alkanes of at least 4 members (excludes halogenated alkanes) is 1. The van der Waals surface area contributed by atoms with Crippen LogP contribution >= 0.6 is 0 Å². The highest BCUT2D eigenvalue weighted by Crippen LogP contribution is 2.21. The highest BCUT2D eigenvalue weighted by Gasteiger charge is 2.23. The molecule has 0 aliphatic carbocycles. The van der Waals surface area contributed by atoms with Crippen LogP contribution in [0.15, 0.2) is 4.99 Å². The molecule has 0 bridgehead atoms. The molecule has 1 atom stereocenters. The Morgan fingerprint density at radius 1 is 1.44 bits per heavy atom. The summed E-state index contributed by atoms with van der Waals surface area (Å²) < 4.78 is 5.40. The maximum Gasteiger partial charge on any atom is 0.188 e. The van der Waals surface area contributed by atoms with E-state index in [9.17, 15) is 0 Å². The molecule has 3 N–H and O–H groups in total. The molecule has 0 fully saturated rings. The van der Waals surface area contributed by atoms with E-state index in [0.29, 0.717) is 12.5 Å². The minimum absolute atomic E-state index is 0.0853. The number of nitrogens with one attached hydrogen (secondary N) is 1. The van der Waals surface area contributed by atoms with Crippen LogP contribution < -0.4 is 11.1 Å². The Morgan fingerprint density at radius 3 is 2.50 bits per heavy atom. The Balaban J connectivity index is 4.02. The van der Waals surface area contributed by atoms with Gasteiger partial charge in [-0.05, 0) is 11.8 Å². The Hall–Kier alpha value is -0.770. The van der Waals surface area contributed by atoms with Gasteiger partial charge in [0.15, 0.2) is 5.96 Å². The van der Waals surface area contributed by atoms with Crippen molar-refractivity contribution < 1.29 is 4.74 Å². The molecule has 0 aromatic heterocycles. The summed E-state index contributed by atoms with van der Waals surface area (Å²) in [7, 11) is 1.71. The number of hydrogen-bond acceptors (Lipinski definition) is 2. The van der Waals surface area contributed by atoms with Crippen LogP contribution in [0.2, 0.25) is 0 Å². The molecule has 0 rings (SSSR count). The summed E-state index contributed by atoms with van der Waals surface area (Å²) in [6.45, 7) is 10.0. The Labute approximate surface area is 99.7 Å². The van der Waals surface area contributed by atoms with Crippen LogP contribution in [0.4, 0.5) is 0 Å². The third kappa shape index (κ3) is 6.67. The van der Waals surface area contributed by atoms with E-state index in [1.807, 2.05) is 0 Å². The molecular formula is C12H27N3O. The highest BCUT2D eigenvalue weighted by atomic mass is 16.5.